The van der Waals surface area contributed by atoms with Crippen molar-refractivity contribution in [3.63, 3.8) is 0 Å². The molecule has 1 aromatic rings. The number of rotatable bonds is 2. The molecule has 0 aliphatic rings. The van der Waals surface area contributed by atoms with Crippen LogP contribution in [0.15, 0.2) is 12.1 Å². The van der Waals surface area contributed by atoms with E-state index in [4.69, 9.17) is 0 Å². The van der Waals surface area contributed by atoms with Crippen LogP contribution < -0.4 is 0 Å². The van der Waals surface area contributed by atoms with Crippen molar-refractivity contribution in [1.82, 2.24) is 0 Å². The Labute approximate surface area is 82.2 Å². The van der Waals surface area contributed by atoms with Crippen LogP contribution in [-0.2, 0) is 12.8 Å². The molecule has 0 aromatic heterocycles. The molecule has 11 heavy (non-hydrogen) atoms. The summed E-state index contributed by atoms with van der Waals surface area (Å²) in [5.41, 5.74) is 2.67. The molecule has 1 rings (SSSR count). The van der Waals surface area contributed by atoms with Crippen molar-refractivity contribution in [2.75, 3.05) is 0 Å². The fourth-order valence-corrected chi connectivity index (χ4v) is 1.73. The van der Waals surface area contributed by atoms with Crippen LogP contribution in [0.2, 0.25) is 0 Å². The minimum atomic E-state index is 1.09. The predicted molar refractivity (Wildman–Crippen MR) is 56.8 cm³/mol. The average Bonchev–Trinajstić information content (AvgIpc) is 2.05. The van der Waals surface area contributed by atoms with Crippen molar-refractivity contribution >= 4 is 22.6 Å². The summed E-state index contributed by atoms with van der Waals surface area (Å²) >= 11 is 2.36. The first-order chi connectivity index (χ1) is 5.27. The topological polar surface area (TPSA) is 0 Å². The van der Waals surface area contributed by atoms with Crippen molar-refractivity contribution in [2.24, 2.45) is 0 Å². The van der Waals surface area contributed by atoms with E-state index in [9.17, 15) is 0 Å². The van der Waals surface area contributed by atoms with Gasteiger partial charge in [0.25, 0.3) is 0 Å². The van der Waals surface area contributed by atoms with Crippen LogP contribution in [0.25, 0.3) is 0 Å². The quantitative estimate of drug-likeness (QED) is 0.715. The standard InChI is InChI=1S/C10H12I/c1-3-8-5-6-10(11)9(4-2)7-8/h5-6H,3-4H2,1-2H3. The van der Waals surface area contributed by atoms with E-state index in [1.165, 1.54) is 14.7 Å². The van der Waals surface area contributed by atoms with Crippen molar-refractivity contribution < 1.29 is 0 Å². The van der Waals surface area contributed by atoms with E-state index in [0.29, 0.717) is 0 Å². The fraction of sp³-hybridized carbons (Fsp3) is 0.400. The van der Waals surface area contributed by atoms with E-state index in [2.05, 4.69) is 54.6 Å². The third-order valence-corrected chi connectivity index (χ3v) is 2.78. The van der Waals surface area contributed by atoms with Gasteiger partial charge in [0.2, 0.25) is 0 Å². The van der Waals surface area contributed by atoms with Gasteiger partial charge in [-0.2, -0.15) is 0 Å². The van der Waals surface area contributed by atoms with Crippen LogP contribution in [0.4, 0.5) is 0 Å². The van der Waals surface area contributed by atoms with Gasteiger partial charge in [-0.15, -0.1) is 0 Å². The van der Waals surface area contributed by atoms with E-state index in [1.807, 2.05) is 0 Å². The largest absolute Gasteiger partial charge is 0.0613 e. The van der Waals surface area contributed by atoms with Gasteiger partial charge in [-0.25, -0.2) is 0 Å². The summed E-state index contributed by atoms with van der Waals surface area (Å²) < 4.78 is 1.34. The van der Waals surface area contributed by atoms with Crippen molar-refractivity contribution in [2.45, 2.75) is 26.7 Å². The van der Waals surface area contributed by atoms with Crippen LogP contribution in [0.5, 0.6) is 0 Å². The first-order valence-electron chi connectivity index (χ1n) is 3.97. The highest BCUT2D eigenvalue weighted by molar-refractivity contribution is 14.1. The molecule has 0 fully saturated rings. The lowest BCUT2D eigenvalue weighted by Crippen LogP contribution is -1.89. The second-order valence-corrected chi connectivity index (χ2v) is 3.68. The van der Waals surface area contributed by atoms with Crippen LogP contribution in [-0.4, -0.2) is 0 Å². The summed E-state index contributed by atoms with van der Waals surface area (Å²) in [6.45, 7) is 4.34. The third kappa shape index (κ3) is 2.19. The first kappa shape index (κ1) is 9.04. The SMILES string of the molecule is CCc1[c]c(CC)c(I)cc1. The maximum absolute atomic E-state index is 3.40. The molecule has 0 amide bonds. The Hall–Kier alpha value is -0.0500. The predicted octanol–water partition coefficient (Wildman–Crippen LogP) is 3.22. The average molecular weight is 259 g/mol. The zero-order valence-corrected chi connectivity index (χ0v) is 9.10. The number of hydrogen-bond acceptors (Lipinski definition) is 0. The van der Waals surface area contributed by atoms with E-state index >= 15 is 0 Å². The molecule has 0 unspecified atom stereocenters. The molecule has 0 saturated carbocycles. The molecule has 0 saturated heterocycles. The van der Waals surface area contributed by atoms with E-state index < -0.39 is 0 Å². The first-order valence-corrected chi connectivity index (χ1v) is 5.05. The minimum absolute atomic E-state index is 1.09. The van der Waals surface area contributed by atoms with Gasteiger partial charge in [-0.1, -0.05) is 19.9 Å². The molecule has 0 N–H and O–H groups in total. The Bertz CT molecular complexity index is 241. The zero-order chi connectivity index (χ0) is 8.27. The summed E-state index contributed by atoms with van der Waals surface area (Å²) in [6, 6.07) is 7.73. The van der Waals surface area contributed by atoms with Gasteiger partial charge in [-0.05, 0) is 58.7 Å². The summed E-state index contributed by atoms with van der Waals surface area (Å²) in [4.78, 5) is 0. The zero-order valence-electron chi connectivity index (χ0n) is 6.95. The molecule has 0 heterocycles. The molecule has 1 heteroatoms. The van der Waals surface area contributed by atoms with Crippen molar-refractivity contribution in [3.8, 4) is 0 Å². The molecule has 0 aliphatic heterocycles. The minimum Gasteiger partial charge on any atom is -0.0613 e. The second kappa shape index (κ2) is 4.10. The molecule has 1 aromatic carbocycles. The highest BCUT2D eigenvalue weighted by Crippen LogP contribution is 2.14. The molecule has 0 aliphatic carbocycles. The number of aryl methyl sites for hydroxylation is 2. The second-order valence-electron chi connectivity index (χ2n) is 2.52. The van der Waals surface area contributed by atoms with Gasteiger partial charge >= 0.3 is 0 Å². The third-order valence-electron chi connectivity index (χ3n) is 1.77. The lowest BCUT2D eigenvalue weighted by atomic mass is 10.1. The smallest absolute Gasteiger partial charge is 0.0168 e. The maximum atomic E-state index is 3.40. The molecule has 0 spiro atoms. The molecule has 0 nitrogen and oxygen atoms in total. The van der Waals surface area contributed by atoms with Gasteiger partial charge < -0.3 is 0 Å². The molecular formula is C10H12I. The Morgan fingerprint density at radius 3 is 2.55 bits per heavy atom. The van der Waals surface area contributed by atoms with Crippen LogP contribution in [0.3, 0.4) is 0 Å². The highest BCUT2D eigenvalue weighted by atomic mass is 127. The Balaban J connectivity index is 3.02. The fourth-order valence-electron chi connectivity index (χ4n) is 1.03. The Morgan fingerprint density at radius 2 is 2.00 bits per heavy atom. The maximum Gasteiger partial charge on any atom is 0.0168 e. The Kier molecular flexibility index (Phi) is 3.37. The lowest BCUT2D eigenvalue weighted by Gasteiger charge is -2.02. The van der Waals surface area contributed by atoms with Crippen LogP contribution in [0.1, 0.15) is 25.0 Å². The van der Waals surface area contributed by atoms with Gasteiger partial charge in [0, 0.05) is 3.57 Å². The van der Waals surface area contributed by atoms with Gasteiger partial charge in [0.15, 0.2) is 0 Å². The lowest BCUT2D eigenvalue weighted by molar-refractivity contribution is 1.07. The number of benzene rings is 1. The van der Waals surface area contributed by atoms with Gasteiger partial charge in [-0.3, -0.25) is 0 Å². The van der Waals surface area contributed by atoms with E-state index in [0.717, 1.165) is 12.8 Å². The number of halogens is 1. The van der Waals surface area contributed by atoms with Gasteiger partial charge in [0.05, 0.1) is 0 Å². The normalized spacial score (nSPS) is 10.1. The monoisotopic (exact) mass is 259 g/mol. The van der Waals surface area contributed by atoms with Gasteiger partial charge in [0.1, 0.15) is 0 Å². The summed E-state index contributed by atoms with van der Waals surface area (Å²) in [6.07, 6.45) is 2.18. The van der Waals surface area contributed by atoms with E-state index in [1.54, 1.807) is 0 Å². The van der Waals surface area contributed by atoms with Crippen molar-refractivity contribution in [3.05, 3.63) is 32.9 Å². The van der Waals surface area contributed by atoms with Crippen molar-refractivity contribution in [1.29, 1.82) is 0 Å². The van der Waals surface area contributed by atoms with E-state index in [-0.39, 0.29) is 0 Å². The highest BCUT2D eigenvalue weighted by Gasteiger charge is 1.97. The molecule has 0 atom stereocenters. The molecular weight excluding hydrogens is 247 g/mol. The summed E-state index contributed by atoms with van der Waals surface area (Å²) in [5.74, 6) is 0. The molecule has 1 radical (unpaired) electrons. The molecule has 0 bridgehead atoms. The van der Waals surface area contributed by atoms with Crippen LogP contribution >= 0.6 is 22.6 Å². The summed E-state index contributed by atoms with van der Waals surface area (Å²) in [5, 5.41) is 0. The molecule has 59 valence electrons. The van der Waals surface area contributed by atoms with Crippen LogP contribution in [0, 0.1) is 9.64 Å². The summed E-state index contributed by atoms with van der Waals surface area (Å²) in [7, 11) is 0. The Morgan fingerprint density at radius 1 is 1.27 bits per heavy atom. The number of hydrogen-bond donors (Lipinski definition) is 0.